The van der Waals surface area contributed by atoms with Crippen molar-refractivity contribution >= 4 is 40.3 Å². The Labute approximate surface area is 330 Å². The van der Waals surface area contributed by atoms with Crippen molar-refractivity contribution in [2.75, 3.05) is 25.2 Å². The van der Waals surface area contributed by atoms with E-state index in [9.17, 15) is 9.59 Å². The van der Waals surface area contributed by atoms with Crippen molar-refractivity contribution in [1.29, 1.82) is 0 Å². The molecule has 288 valence electrons. The first-order valence-electron chi connectivity index (χ1n) is 18.2. The first kappa shape index (κ1) is 42.2. The summed E-state index contributed by atoms with van der Waals surface area (Å²) in [7, 11) is 0. The number of anilines is 1. The fourth-order valence-corrected chi connectivity index (χ4v) is 6.16. The van der Waals surface area contributed by atoms with Crippen LogP contribution in [0.4, 0.5) is 9.93 Å². The predicted octanol–water partition coefficient (Wildman–Crippen LogP) is 8.63. The number of rotatable bonds is 16. The third-order valence-electron chi connectivity index (χ3n) is 7.92. The molecule has 6 rings (SSSR count). The smallest absolute Gasteiger partial charge is 0.333 e. The Morgan fingerprint density at radius 3 is 1.96 bits per heavy atom. The Morgan fingerprint density at radius 1 is 0.782 bits per heavy atom. The average molecular weight is 781 g/mol. The van der Waals surface area contributed by atoms with Crippen LogP contribution in [0.15, 0.2) is 91.0 Å². The fraction of sp³-hybridized carbons (Fsp3) is 0.325. The monoisotopic (exact) mass is 780 g/mol. The van der Waals surface area contributed by atoms with E-state index in [0.29, 0.717) is 47.7 Å². The van der Waals surface area contributed by atoms with Crippen molar-refractivity contribution in [2.45, 2.75) is 59.8 Å². The summed E-state index contributed by atoms with van der Waals surface area (Å²) in [4.78, 5) is 31.4. The molecule has 13 nitrogen and oxygen atoms in total. The molecule has 0 saturated heterocycles. The van der Waals surface area contributed by atoms with Crippen molar-refractivity contribution in [2.24, 2.45) is 5.92 Å². The van der Waals surface area contributed by atoms with Gasteiger partial charge in [-0.25, -0.2) is 15.2 Å². The quantitative estimate of drug-likeness (QED) is 0.0488. The highest BCUT2D eigenvalue weighted by atomic mass is 32.1. The molecule has 0 bridgehead atoms. The third-order valence-corrected chi connectivity index (χ3v) is 9.30. The second-order valence-corrected chi connectivity index (χ2v) is 14.3. The van der Waals surface area contributed by atoms with Crippen LogP contribution in [-0.2, 0) is 4.74 Å². The molecule has 0 spiro atoms. The lowest BCUT2D eigenvalue weighted by Crippen LogP contribution is -2.39. The first-order valence-corrected chi connectivity index (χ1v) is 19.8. The summed E-state index contributed by atoms with van der Waals surface area (Å²) in [5.74, 6) is 1.37. The normalized spacial score (nSPS) is 10.9. The summed E-state index contributed by atoms with van der Waals surface area (Å²) in [6.45, 7) is 10.4. The number of benzene rings is 3. The van der Waals surface area contributed by atoms with Gasteiger partial charge in [0.2, 0.25) is 11.0 Å². The Kier molecular flexibility index (Phi) is 18.4. The van der Waals surface area contributed by atoms with Crippen LogP contribution in [0.5, 0.6) is 0 Å². The summed E-state index contributed by atoms with van der Waals surface area (Å²) in [6, 6.07) is 28.7. The molecule has 2 amide bonds. The van der Waals surface area contributed by atoms with E-state index >= 15 is 0 Å². The topological polar surface area (TPSA) is 170 Å². The van der Waals surface area contributed by atoms with Crippen LogP contribution in [-0.4, -0.2) is 66.8 Å². The number of aryl methyl sites for hydroxylation is 2. The van der Waals surface area contributed by atoms with Crippen LogP contribution in [0.3, 0.4) is 0 Å². The van der Waals surface area contributed by atoms with Gasteiger partial charge in [0.25, 0.3) is 0 Å². The van der Waals surface area contributed by atoms with Crippen LogP contribution in [0.2, 0.25) is 0 Å². The molecule has 1 unspecified atom stereocenters. The van der Waals surface area contributed by atoms with Gasteiger partial charge in [0.05, 0.1) is 0 Å². The molecular formula is C40H48N10O3S2. The van der Waals surface area contributed by atoms with Gasteiger partial charge in [0.1, 0.15) is 21.4 Å². The molecule has 0 aliphatic heterocycles. The van der Waals surface area contributed by atoms with Crippen LogP contribution < -0.4 is 16.2 Å². The van der Waals surface area contributed by atoms with Crippen LogP contribution in [0.1, 0.15) is 66.6 Å². The number of hydrazine groups is 1. The van der Waals surface area contributed by atoms with E-state index in [1.165, 1.54) is 30.8 Å². The zero-order chi connectivity index (χ0) is 39.1. The summed E-state index contributed by atoms with van der Waals surface area (Å²) in [6.07, 6.45) is 6.27. The lowest BCUT2D eigenvalue weighted by Gasteiger charge is -2.14. The highest BCUT2D eigenvalue weighted by Gasteiger charge is 2.13. The Bertz CT molecular complexity index is 1960. The lowest BCUT2D eigenvalue weighted by atomic mass is 10.0. The summed E-state index contributed by atoms with van der Waals surface area (Å²) in [5.41, 5.74) is 9.45. The number of aldehydes is 1. The predicted molar refractivity (Wildman–Crippen MR) is 220 cm³/mol. The number of nitrogens with zero attached hydrogens (tertiary/aromatic N) is 7. The standard InChI is InChI=1S/C20H31N5O2S.C16H11N3O.C4H6N2S/c1-3-5-10-16(4-2)15-27-14-9-13-21-19(26)23-24-20-22-18(25-28-20)17-11-7-6-8-12-17;20-11-14-17-15(12-7-3-1-4-8-12)16(19-18-14)13-9-5-2-6-10-13;1-3-5-6-4(2)7-3/h6-8,11-12,16H,3-5,9-10,13-15H2,1-2H3,(H2,21,23,26)(H,22,24,25);1-11H;1-2H3. The van der Waals surface area contributed by atoms with E-state index in [1.54, 1.807) is 11.3 Å². The van der Waals surface area contributed by atoms with Crippen molar-refractivity contribution in [3.05, 3.63) is 107 Å². The zero-order valence-electron chi connectivity index (χ0n) is 31.6. The van der Waals surface area contributed by atoms with Crippen LogP contribution in [0.25, 0.3) is 33.9 Å². The van der Waals surface area contributed by atoms with Gasteiger partial charge in [-0.1, -0.05) is 124 Å². The van der Waals surface area contributed by atoms with Gasteiger partial charge in [0, 0.05) is 48.0 Å². The van der Waals surface area contributed by atoms with Gasteiger partial charge in [-0.15, -0.1) is 31.7 Å². The number of urea groups is 1. The lowest BCUT2D eigenvalue weighted by molar-refractivity contribution is 0.0924. The maximum Gasteiger partial charge on any atom is 0.333 e. The average Bonchev–Trinajstić information content (AvgIpc) is 3.88. The maximum atomic E-state index is 11.8. The van der Waals surface area contributed by atoms with E-state index in [0.717, 1.165) is 46.2 Å². The fourth-order valence-electron chi connectivity index (χ4n) is 5.03. The minimum absolute atomic E-state index is 0.0866. The highest BCUT2D eigenvalue weighted by Crippen LogP contribution is 2.27. The van der Waals surface area contributed by atoms with E-state index < -0.39 is 0 Å². The number of unbranched alkanes of at least 4 members (excludes halogenated alkanes) is 1. The number of carbonyl (C=O) groups is 2. The van der Waals surface area contributed by atoms with Crippen molar-refractivity contribution in [3.8, 4) is 33.9 Å². The van der Waals surface area contributed by atoms with Gasteiger partial charge < -0.3 is 10.1 Å². The molecule has 0 saturated carbocycles. The molecule has 1 atom stereocenters. The third kappa shape index (κ3) is 15.0. The molecule has 0 radical (unpaired) electrons. The molecule has 0 aliphatic carbocycles. The number of hydrogen-bond acceptors (Lipinski definition) is 13. The molecule has 3 heterocycles. The molecule has 3 N–H and O–H groups in total. The van der Waals surface area contributed by atoms with Gasteiger partial charge >= 0.3 is 6.03 Å². The van der Waals surface area contributed by atoms with Crippen molar-refractivity contribution in [3.63, 3.8) is 0 Å². The summed E-state index contributed by atoms with van der Waals surface area (Å²) < 4.78 is 10.0. The van der Waals surface area contributed by atoms with Gasteiger partial charge in [-0.3, -0.25) is 10.2 Å². The summed E-state index contributed by atoms with van der Waals surface area (Å²) in [5, 5.41) is 21.0. The van der Waals surface area contributed by atoms with E-state index in [-0.39, 0.29) is 11.9 Å². The number of amides is 2. The molecule has 3 aromatic heterocycles. The zero-order valence-corrected chi connectivity index (χ0v) is 33.3. The number of carbonyl (C=O) groups excluding carboxylic acids is 2. The van der Waals surface area contributed by atoms with E-state index in [1.807, 2.05) is 105 Å². The van der Waals surface area contributed by atoms with Crippen molar-refractivity contribution < 1.29 is 14.3 Å². The molecule has 55 heavy (non-hydrogen) atoms. The second kappa shape index (κ2) is 24.0. The first-order chi connectivity index (χ1) is 26.9. The van der Waals surface area contributed by atoms with Gasteiger partial charge in [-0.05, 0) is 32.6 Å². The van der Waals surface area contributed by atoms with Crippen molar-refractivity contribution in [1.82, 2.24) is 45.5 Å². The van der Waals surface area contributed by atoms with Gasteiger partial charge in [-0.2, -0.15) is 9.36 Å². The highest BCUT2D eigenvalue weighted by molar-refractivity contribution is 7.11. The van der Waals surface area contributed by atoms with Crippen LogP contribution in [0, 0.1) is 19.8 Å². The van der Waals surface area contributed by atoms with Gasteiger partial charge in [0.15, 0.2) is 12.1 Å². The molecule has 15 heteroatoms. The SMILES string of the molecule is CCCCC(CC)COCCCNC(=O)NNc1nc(-c2ccccc2)ns1.Cc1nnc(C)s1.O=Cc1nnc(-c2ccccc2)c(-c2ccccc2)n1. The Balaban J connectivity index is 0.000000214. The Hall–Kier alpha value is -5.51. The number of hydrogen-bond donors (Lipinski definition) is 3. The van der Waals surface area contributed by atoms with Crippen LogP contribution >= 0.6 is 22.9 Å². The Morgan fingerprint density at radius 2 is 1.40 bits per heavy atom. The minimum atomic E-state index is -0.300. The largest absolute Gasteiger partial charge is 0.381 e. The summed E-state index contributed by atoms with van der Waals surface area (Å²) >= 11 is 2.82. The number of aromatic nitrogens is 7. The van der Waals surface area contributed by atoms with E-state index in [2.05, 4.69) is 64.8 Å². The molecule has 6 aromatic rings. The van der Waals surface area contributed by atoms with E-state index in [4.69, 9.17) is 4.74 Å². The molecular weight excluding hydrogens is 733 g/mol. The number of ether oxygens (including phenoxy) is 1. The maximum absolute atomic E-state index is 11.8. The number of nitrogens with one attached hydrogen (secondary N) is 3. The minimum Gasteiger partial charge on any atom is -0.381 e. The molecule has 3 aromatic carbocycles. The molecule has 0 aliphatic rings. The second-order valence-electron chi connectivity index (χ2n) is 12.2. The molecule has 0 fully saturated rings.